The van der Waals surface area contributed by atoms with Crippen LogP contribution in [0.5, 0.6) is 5.75 Å². The smallest absolute Gasteiger partial charge is 0.471 e. The molecule has 1 aromatic rings. The van der Waals surface area contributed by atoms with Gasteiger partial charge in [-0.2, -0.15) is 22.0 Å². The molecule has 0 bridgehead atoms. The third-order valence-electron chi connectivity index (χ3n) is 3.26. The summed E-state index contributed by atoms with van der Waals surface area (Å²) in [4.78, 5) is 10.9. The van der Waals surface area contributed by atoms with Gasteiger partial charge in [-0.05, 0) is 30.0 Å². The number of hydrogen-bond donors (Lipinski definition) is 1. The number of fused-ring (bicyclic) bond motifs is 1. The topological polar surface area (TPSA) is 47.6 Å². The van der Waals surface area contributed by atoms with Crippen LogP contribution in [-0.2, 0) is 22.4 Å². The van der Waals surface area contributed by atoms with Crippen LogP contribution in [0.1, 0.15) is 11.1 Å². The molecule has 0 spiro atoms. The lowest BCUT2D eigenvalue weighted by molar-refractivity contribution is -0.174. The quantitative estimate of drug-likeness (QED) is 0.839. The molecule has 0 aliphatic carbocycles. The minimum Gasteiger partial charge on any atom is -0.491 e. The molecule has 1 amide bonds. The highest BCUT2D eigenvalue weighted by molar-refractivity contribution is 5.82. The van der Waals surface area contributed by atoms with Crippen molar-refractivity contribution < 1.29 is 36.2 Å². The normalized spacial score (nSPS) is 17.6. The number of nitrogens with one attached hydrogen (secondary N) is 1. The monoisotopic (exact) mass is 339 g/mol. The third-order valence-corrected chi connectivity index (χ3v) is 3.26. The number of rotatable bonds is 5. The fraction of sp³-hybridized carbons (Fsp3) is 0.500. The molecule has 0 fully saturated rings. The van der Waals surface area contributed by atoms with Crippen molar-refractivity contribution in [3.05, 3.63) is 29.3 Å². The Bertz CT molecular complexity index is 562. The van der Waals surface area contributed by atoms with Gasteiger partial charge in [0.1, 0.15) is 12.4 Å². The highest BCUT2D eigenvalue weighted by atomic mass is 19.4. The molecular weight excluding hydrogens is 325 g/mol. The van der Waals surface area contributed by atoms with Gasteiger partial charge in [0, 0.05) is 0 Å². The van der Waals surface area contributed by atoms with Gasteiger partial charge in [-0.1, -0.05) is 12.1 Å². The molecule has 4 nitrogen and oxygen atoms in total. The van der Waals surface area contributed by atoms with E-state index in [-0.39, 0.29) is 26.1 Å². The fourth-order valence-electron chi connectivity index (χ4n) is 2.23. The first-order valence-electron chi connectivity index (χ1n) is 6.77. The molecule has 1 aromatic carbocycles. The van der Waals surface area contributed by atoms with Gasteiger partial charge in [-0.3, -0.25) is 4.79 Å². The summed E-state index contributed by atoms with van der Waals surface area (Å²) in [7, 11) is 0. The molecule has 0 saturated heterocycles. The summed E-state index contributed by atoms with van der Waals surface area (Å²) < 4.78 is 70.0. The largest absolute Gasteiger partial charge is 0.491 e. The zero-order valence-corrected chi connectivity index (χ0v) is 11.8. The van der Waals surface area contributed by atoms with Crippen molar-refractivity contribution in [1.82, 2.24) is 5.32 Å². The molecule has 0 aromatic heterocycles. The van der Waals surface area contributed by atoms with Crippen molar-refractivity contribution >= 4 is 5.91 Å². The van der Waals surface area contributed by atoms with Crippen molar-refractivity contribution in [2.75, 3.05) is 13.2 Å². The summed E-state index contributed by atoms with van der Waals surface area (Å²) in [6, 6.07) is 4.14. The van der Waals surface area contributed by atoms with Crippen LogP contribution in [0.2, 0.25) is 0 Å². The number of alkyl halides is 5. The lowest BCUT2D eigenvalue weighted by Crippen LogP contribution is -2.48. The van der Waals surface area contributed by atoms with Crippen molar-refractivity contribution in [1.29, 1.82) is 0 Å². The zero-order chi connectivity index (χ0) is 17.0. The van der Waals surface area contributed by atoms with Crippen molar-refractivity contribution in [2.24, 2.45) is 0 Å². The maximum absolute atomic E-state index is 12.2. The van der Waals surface area contributed by atoms with E-state index >= 15 is 0 Å². The van der Waals surface area contributed by atoms with Crippen LogP contribution in [0.3, 0.4) is 0 Å². The number of carbonyl (C=O) groups excluding carboxylic acids is 1. The summed E-state index contributed by atoms with van der Waals surface area (Å²) in [5, 5.41) is 1.86. The lowest BCUT2D eigenvalue weighted by atomic mass is 9.99. The maximum Gasteiger partial charge on any atom is 0.471 e. The molecule has 23 heavy (non-hydrogen) atoms. The standard InChI is InChI=1S/C14H14F5NO3/c15-13(16)22-4-3-8-1-2-11-9(5-8)6-10(7-23-11)20-12(21)14(17,18)19/h1-2,5,10,13H,3-4,6-7H2,(H,20,21)/t10-/m1/s1. The summed E-state index contributed by atoms with van der Waals surface area (Å²) in [6.45, 7) is -3.09. The van der Waals surface area contributed by atoms with Crippen molar-refractivity contribution in [2.45, 2.75) is 31.7 Å². The van der Waals surface area contributed by atoms with Crippen LogP contribution in [0.15, 0.2) is 18.2 Å². The first kappa shape index (κ1) is 17.5. The van der Waals surface area contributed by atoms with Crippen LogP contribution in [0.25, 0.3) is 0 Å². The van der Waals surface area contributed by atoms with E-state index in [0.717, 1.165) is 0 Å². The molecule has 0 unspecified atom stereocenters. The molecule has 2 rings (SSSR count). The van der Waals surface area contributed by atoms with Gasteiger partial charge in [0.05, 0.1) is 12.6 Å². The average Bonchev–Trinajstić information content (AvgIpc) is 2.45. The second-order valence-electron chi connectivity index (χ2n) is 5.01. The van der Waals surface area contributed by atoms with Gasteiger partial charge in [0.2, 0.25) is 0 Å². The highest BCUT2D eigenvalue weighted by Gasteiger charge is 2.40. The zero-order valence-electron chi connectivity index (χ0n) is 11.8. The van der Waals surface area contributed by atoms with Gasteiger partial charge in [0.25, 0.3) is 0 Å². The molecule has 1 heterocycles. The average molecular weight is 339 g/mol. The number of hydrogen-bond acceptors (Lipinski definition) is 3. The molecule has 1 atom stereocenters. The number of carbonyl (C=O) groups is 1. The van der Waals surface area contributed by atoms with E-state index in [9.17, 15) is 26.7 Å². The second-order valence-corrected chi connectivity index (χ2v) is 5.01. The second kappa shape index (κ2) is 7.12. The Balaban J connectivity index is 1.97. The molecule has 1 N–H and O–H groups in total. The maximum atomic E-state index is 12.2. The van der Waals surface area contributed by atoms with E-state index in [1.165, 1.54) is 0 Å². The minimum atomic E-state index is -4.95. The first-order chi connectivity index (χ1) is 10.8. The Hall–Kier alpha value is -1.90. The predicted molar refractivity (Wildman–Crippen MR) is 69.3 cm³/mol. The summed E-state index contributed by atoms with van der Waals surface area (Å²) in [5.41, 5.74) is 1.30. The van der Waals surface area contributed by atoms with Gasteiger partial charge in [-0.15, -0.1) is 0 Å². The third kappa shape index (κ3) is 5.05. The highest BCUT2D eigenvalue weighted by Crippen LogP contribution is 2.26. The lowest BCUT2D eigenvalue weighted by Gasteiger charge is -2.26. The summed E-state index contributed by atoms with van der Waals surface area (Å²) >= 11 is 0. The van der Waals surface area contributed by atoms with Crippen LogP contribution in [-0.4, -0.2) is 38.0 Å². The van der Waals surface area contributed by atoms with Crippen molar-refractivity contribution in [3.8, 4) is 5.75 Å². The Morgan fingerprint density at radius 3 is 2.78 bits per heavy atom. The van der Waals surface area contributed by atoms with E-state index in [4.69, 9.17) is 4.74 Å². The molecular formula is C14H14F5NO3. The molecule has 0 radical (unpaired) electrons. The minimum absolute atomic E-state index is 0.0668. The van der Waals surface area contributed by atoms with Crippen molar-refractivity contribution in [3.63, 3.8) is 0 Å². The first-order valence-corrected chi connectivity index (χ1v) is 6.77. The van der Waals surface area contributed by atoms with E-state index in [2.05, 4.69) is 4.74 Å². The summed E-state index contributed by atoms with van der Waals surface area (Å²) in [6.07, 6.45) is -4.55. The number of halogens is 5. The van der Waals surface area contributed by atoms with Gasteiger partial charge < -0.3 is 14.8 Å². The summed E-state index contributed by atoms with van der Waals surface area (Å²) in [5.74, 6) is -1.52. The van der Waals surface area contributed by atoms with Crippen LogP contribution in [0.4, 0.5) is 22.0 Å². The number of benzene rings is 1. The Morgan fingerprint density at radius 1 is 1.39 bits per heavy atom. The van der Waals surface area contributed by atoms with E-state index in [0.29, 0.717) is 16.9 Å². The number of amides is 1. The van der Waals surface area contributed by atoms with E-state index < -0.39 is 24.7 Å². The Labute approximate surface area is 128 Å². The molecule has 1 aliphatic rings. The van der Waals surface area contributed by atoms with Crippen LogP contribution in [0, 0.1) is 0 Å². The van der Waals surface area contributed by atoms with Gasteiger partial charge in [-0.25, -0.2) is 0 Å². The van der Waals surface area contributed by atoms with Crippen LogP contribution < -0.4 is 10.1 Å². The van der Waals surface area contributed by atoms with Gasteiger partial charge in [0.15, 0.2) is 0 Å². The predicted octanol–water partition coefficient (Wildman–Crippen LogP) is 2.45. The van der Waals surface area contributed by atoms with Crippen LogP contribution >= 0.6 is 0 Å². The van der Waals surface area contributed by atoms with E-state index in [1.54, 1.807) is 18.2 Å². The van der Waals surface area contributed by atoms with E-state index in [1.807, 2.05) is 5.32 Å². The Kier molecular flexibility index (Phi) is 5.40. The molecule has 9 heteroatoms. The SMILES string of the molecule is O=C(N[C@H]1COc2ccc(CCOC(F)F)cc2C1)C(F)(F)F. The molecule has 0 saturated carbocycles. The molecule has 1 aliphatic heterocycles. The Morgan fingerprint density at radius 2 is 2.13 bits per heavy atom. The van der Waals surface area contributed by atoms with Gasteiger partial charge >= 0.3 is 18.7 Å². The fourth-order valence-corrected chi connectivity index (χ4v) is 2.23. The molecule has 128 valence electrons. The number of ether oxygens (including phenoxy) is 2.